The van der Waals surface area contributed by atoms with E-state index >= 15 is 0 Å². The molecule has 0 aliphatic heterocycles. The molecule has 1 aliphatic rings. The Bertz CT molecular complexity index is 516. The molecule has 0 radical (unpaired) electrons. The maximum absolute atomic E-state index is 5.56. The molecule has 1 saturated carbocycles. The zero-order valence-corrected chi connectivity index (χ0v) is 10.7. The molecule has 1 fully saturated rings. The third kappa shape index (κ3) is 2.26. The smallest absolute Gasteiger partial charge is 0.0706 e. The van der Waals surface area contributed by atoms with E-state index in [1.54, 1.807) is 0 Å². The van der Waals surface area contributed by atoms with E-state index in [1.165, 1.54) is 11.1 Å². The molecule has 0 aromatic carbocycles. The Hall–Kier alpha value is -1.39. The number of nitrogens with zero attached hydrogens (tertiary/aromatic N) is 2. The van der Waals surface area contributed by atoms with Gasteiger partial charge in [-0.3, -0.25) is 0 Å². The molecular weight excluding hydrogens is 226 g/mol. The van der Waals surface area contributed by atoms with E-state index in [0.29, 0.717) is 12.1 Å². The van der Waals surface area contributed by atoms with Crippen LogP contribution in [0.4, 0.5) is 0 Å². The summed E-state index contributed by atoms with van der Waals surface area (Å²) in [5.74, 6) is 0. The zero-order chi connectivity index (χ0) is 12.4. The summed E-state index contributed by atoms with van der Waals surface area (Å²) in [5, 5.41) is 7.91. The first-order valence-corrected chi connectivity index (χ1v) is 6.63. The van der Waals surface area contributed by atoms with Crippen LogP contribution in [0.25, 0.3) is 5.52 Å². The van der Waals surface area contributed by atoms with E-state index in [9.17, 15) is 0 Å². The number of ether oxygens (including phenoxy) is 1. The molecule has 0 atom stereocenters. The fraction of sp³-hybridized carbons (Fsp3) is 0.500. The van der Waals surface area contributed by atoms with E-state index in [1.807, 2.05) is 23.0 Å². The second-order valence-corrected chi connectivity index (χ2v) is 4.83. The van der Waals surface area contributed by atoms with Crippen molar-refractivity contribution < 1.29 is 4.74 Å². The standard InChI is InChI=1S/C14H19N3O/c1-2-18-13-7-12(8-13)15-9-11-10-16-17-6-4-3-5-14(11)17/h3-6,10,12-13,15H,2,7-9H2,1H3. The summed E-state index contributed by atoms with van der Waals surface area (Å²) in [4.78, 5) is 0. The predicted octanol–water partition coefficient (Wildman–Crippen LogP) is 1.99. The summed E-state index contributed by atoms with van der Waals surface area (Å²) in [6.45, 7) is 3.77. The second kappa shape index (κ2) is 5.08. The molecule has 3 rings (SSSR count). The predicted molar refractivity (Wildman–Crippen MR) is 70.5 cm³/mol. The Morgan fingerprint density at radius 2 is 2.33 bits per heavy atom. The van der Waals surface area contributed by atoms with Crippen LogP contribution in [0.1, 0.15) is 25.3 Å². The summed E-state index contributed by atoms with van der Waals surface area (Å²) < 4.78 is 7.48. The monoisotopic (exact) mass is 245 g/mol. The number of rotatable bonds is 5. The first-order valence-electron chi connectivity index (χ1n) is 6.63. The lowest BCUT2D eigenvalue weighted by Crippen LogP contribution is -2.45. The van der Waals surface area contributed by atoms with Crippen LogP contribution in [-0.4, -0.2) is 28.4 Å². The molecule has 0 amide bonds. The number of fused-ring (bicyclic) bond motifs is 1. The molecule has 0 spiro atoms. The van der Waals surface area contributed by atoms with Crippen LogP contribution in [-0.2, 0) is 11.3 Å². The number of aromatic nitrogens is 2. The van der Waals surface area contributed by atoms with Crippen molar-refractivity contribution in [2.24, 2.45) is 0 Å². The Morgan fingerprint density at radius 1 is 1.44 bits per heavy atom. The highest BCUT2D eigenvalue weighted by Crippen LogP contribution is 2.23. The number of pyridine rings is 1. The molecule has 96 valence electrons. The minimum absolute atomic E-state index is 0.469. The van der Waals surface area contributed by atoms with Crippen LogP contribution < -0.4 is 5.32 Å². The molecule has 1 aliphatic carbocycles. The summed E-state index contributed by atoms with van der Waals surface area (Å²) in [6, 6.07) is 6.75. The fourth-order valence-corrected chi connectivity index (χ4v) is 2.48. The lowest BCUT2D eigenvalue weighted by molar-refractivity contribution is -0.0102. The zero-order valence-electron chi connectivity index (χ0n) is 10.7. The van der Waals surface area contributed by atoms with Crippen molar-refractivity contribution >= 4 is 5.52 Å². The van der Waals surface area contributed by atoms with Gasteiger partial charge in [-0.1, -0.05) is 6.07 Å². The third-order valence-electron chi connectivity index (χ3n) is 3.58. The highest BCUT2D eigenvalue weighted by Gasteiger charge is 2.28. The first kappa shape index (κ1) is 11.7. The van der Waals surface area contributed by atoms with Gasteiger partial charge in [0.1, 0.15) is 0 Å². The van der Waals surface area contributed by atoms with Gasteiger partial charge in [0.2, 0.25) is 0 Å². The average molecular weight is 245 g/mol. The van der Waals surface area contributed by atoms with Gasteiger partial charge in [0.25, 0.3) is 0 Å². The van der Waals surface area contributed by atoms with E-state index in [2.05, 4.69) is 29.5 Å². The van der Waals surface area contributed by atoms with Gasteiger partial charge in [-0.05, 0) is 31.9 Å². The van der Waals surface area contributed by atoms with Crippen LogP contribution in [0.2, 0.25) is 0 Å². The van der Waals surface area contributed by atoms with Gasteiger partial charge in [-0.2, -0.15) is 5.10 Å². The van der Waals surface area contributed by atoms with Gasteiger partial charge < -0.3 is 10.1 Å². The molecule has 1 N–H and O–H groups in total. The molecule has 0 saturated heterocycles. The van der Waals surface area contributed by atoms with Gasteiger partial charge in [-0.25, -0.2) is 4.52 Å². The topological polar surface area (TPSA) is 38.6 Å². The second-order valence-electron chi connectivity index (χ2n) is 4.83. The van der Waals surface area contributed by atoms with Gasteiger partial charge in [-0.15, -0.1) is 0 Å². The first-order chi connectivity index (χ1) is 8.86. The maximum atomic E-state index is 5.56. The van der Waals surface area contributed by atoms with Crippen LogP contribution in [0.3, 0.4) is 0 Å². The van der Waals surface area contributed by atoms with Crippen molar-refractivity contribution in [3.8, 4) is 0 Å². The van der Waals surface area contributed by atoms with Crippen LogP contribution in [0.5, 0.6) is 0 Å². The van der Waals surface area contributed by atoms with Crippen molar-refractivity contribution in [3.05, 3.63) is 36.2 Å². The van der Waals surface area contributed by atoms with Gasteiger partial charge in [0.05, 0.1) is 17.8 Å². The lowest BCUT2D eigenvalue weighted by atomic mass is 9.89. The Balaban J connectivity index is 1.55. The molecular formula is C14H19N3O. The minimum Gasteiger partial charge on any atom is -0.378 e. The van der Waals surface area contributed by atoms with Crippen molar-refractivity contribution in [1.82, 2.24) is 14.9 Å². The van der Waals surface area contributed by atoms with E-state index < -0.39 is 0 Å². The van der Waals surface area contributed by atoms with Crippen molar-refractivity contribution in [1.29, 1.82) is 0 Å². The molecule has 2 heterocycles. The Labute approximate surface area is 107 Å². The van der Waals surface area contributed by atoms with Crippen LogP contribution >= 0.6 is 0 Å². The average Bonchev–Trinajstić information content (AvgIpc) is 2.75. The van der Waals surface area contributed by atoms with Crippen LogP contribution in [0.15, 0.2) is 30.6 Å². The largest absolute Gasteiger partial charge is 0.378 e. The van der Waals surface area contributed by atoms with Crippen LogP contribution in [0, 0.1) is 0 Å². The Kier molecular flexibility index (Phi) is 3.30. The summed E-state index contributed by atoms with van der Waals surface area (Å²) in [5.41, 5.74) is 2.45. The normalized spacial score (nSPS) is 23.2. The van der Waals surface area contributed by atoms with Gasteiger partial charge >= 0.3 is 0 Å². The highest BCUT2D eigenvalue weighted by atomic mass is 16.5. The molecule has 4 nitrogen and oxygen atoms in total. The molecule has 2 aromatic rings. The maximum Gasteiger partial charge on any atom is 0.0706 e. The number of nitrogens with one attached hydrogen (secondary N) is 1. The van der Waals surface area contributed by atoms with Gasteiger partial charge in [0.15, 0.2) is 0 Å². The number of hydrogen-bond acceptors (Lipinski definition) is 3. The summed E-state index contributed by atoms with van der Waals surface area (Å²) in [7, 11) is 0. The molecule has 0 bridgehead atoms. The molecule has 18 heavy (non-hydrogen) atoms. The number of hydrogen-bond donors (Lipinski definition) is 1. The van der Waals surface area contributed by atoms with Crippen molar-refractivity contribution in [2.45, 2.75) is 38.5 Å². The fourth-order valence-electron chi connectivity index (χ4n) is 2.48. The molecule has 4 heteroatoms. The Morgan fingerprint density at radius 3 is 3.17 bits per heavy atom. The molecule has 0 unspecified atom stereocenters. The minimum atomic E-state index is 0.469. The highest BCUT2D eigenvalue weighted by molar-refractivity contribution is 5.53. The lowest BCUT2D eigenvalue weighted by Gasteiger charge is -2.35. The SMILES string of the molecule is CCOC1CC(NCc2cnn3ccccc23)C1. The van der Waals surface area contributed by atoms with E-state index in [0.717, 1.165) is 26.0 Å². The third-order valence-corrected chi connectivity index (χ3v) is 3.58. The van der Waals surface area contributed by atoms with E-state index in [4.69, 9.17) is 4.74 Å². The summed E-state index contributed by atoms with van der Waals surface area (Å²) >= 11 is 0. The summed E-state index contributed by atoms with van der Waals surface area (Å²) in [6.07, 6.45) is 6.66. The van der Waals surface area contributed by atoms with Crippen molar-refractivity contribution in [3.63, 3.8) is 0 Å². The molecule has 2 aromatic heterocycles. The van der Waals surface area contributed by atoms with Gasteiger partial charge in [0, 0.05) is 31.0 Å². The quantitative estimate of drug-likeness (QED) is 0.875. The van der Waals surface area contributed by atoms with E-state index in [-0.39, 0.29) is 0 Å². The van der Waals surface area contributed by atoms with Crippen molar-refractivity contribution in [2.75, 3.05) is 6.61 Å².